The predicted octanol–water partition coefficient (Wildman–Crippen LogP) is 1.26. The molecule has 0 unspecified atom stereocenters. The van der Waals surface area contributed by atoms with Crippen LogP contribution < -0.4 is 20.1 Å². The first-order chi connectivity index (χ1) is 11.6. The normalized spacial score (nSPS) is 23.5. The lowest BCUT2D eigenvalue weighted by molar-refractivity contribution is -0.134. The fourth-order valence-electron chi connectivity index (χ4n) is 3.38. The number of hydrogen-bond donors (Lipinski definition) is 1. The number of piperidine rings is 1. The van der Waals surface area contributed by atoms with Gasteiger partial charge >= 0.3 is 0 Å². The minimum absolute atomic E-state index is 0.0884. The summed E-state index contributed by atoms with van der Waals surface area (Å²) < 4.78 is 10.7. The van der Waals surface area contributed by atoms with Gasteiger partial charge in [0.25, 0.3) is 0 Å². The summed E-state index contributed by atoms with van der Waals surface area (Å²) in [5.74, 6) is 1.37. The topological polar surface area (TPSA) is 68.0 Å². The van der Waals surface area contributed by atoms with Gasteiger partial charge in [-0.05, 0) is 18.6 Å². The number of nitrogens with zero attached hydrogens (tertiary/aromatic N) is 2. The van der Waals surface area contributed by atoms with Crippen molar-refractivity contribution >= 4 is 11.6 Å². The lowest BCUT2D eigenvalue weighted by Crippen LogP contribution is -2.53. The van der Waals surface area contributed by atoms with Crippen LogP contribution in [0.1, 0.15) is 6.42 Å². The summed E-state index contributed by atoms with van der Waals surface area (Å²) in [5, 5.41) is 0. The van der Waals surface area contributed by atoms with E-state index in [2.05, 4.69) is 4.90 Å². The van der Waals surface area contributed by atoms with Crippen molar-refractivity contribution in [3.63, 3.8) is 0 Å². The fourth-order valence-corrected chi connectivity index (χ4v) is 3.38. The molecule has 2 heterocycles. The standard InChI is InChI=1S/C18H25N3O3/c1-23-16-6-5-13(11-17(16)24-2)21-10-7-15(19)14(12-21)18(22)20-8-3-4-9-20/h3-6,11,14-15H,7-10,12,19H2,1-2H3/t14-,15+/m1/s1. The van der Waals surface area contributed by atoms with Crippen LogP contribution >= 0.6 is 0 Å². The second kappa shape index (κ2) is 7.13. The number of carbonyl (C=O) groups is 1. The highest BCUT2D eigenvalue weighted by Gasteiger charge is 2.35. The van der Waals surface area contributed by atoms with E-state index in [4.69, 9.17) is 15.2 Å². The number of carbonyl (C=O) groups excluding carboxylic acids is 1. The minimum atomic E-state index is -0.174. The fraction of sp³-hybridized carbons (Fsp3) is 0.500. The lowest BCUT2D eigenvalue weighted by atomic mass is 9.91. The van der Waals surface area contributed by atoms with E-state index < -0.39 is 0 Å². The summed E-state index contributed by atoms with van der Waals surface area (Å²) in [5.41, 5.74) is 7.28. The van der Waals surface area contributed by atoms with Gasteiger partial charge in [0.05, 0.1) is 20.1 Å². The monoisotopic (exact) mass is 331 g/mol. The molecule has 1 fully saturated rings. The van der Waals surface area contributed by atoms with Gasteiger partial charge in [-0.1, -0.05) is 12.2 Å². The van der Waals surface area contributed by atoms with Gasteiger partial charge in [-0.25, -0.2) is 0 Å². The van der Waals surface area contributed by atoms with Crippen LogP contribution in [0.3, 0.4) is 0 Å². The van der Waals surface area contributed by atoms with Crippen molar-refractivity contribution in [3.05, 3.63) is 30.4 Å². The van der Waals surface area contributed by atoms with E-state index in [1.54, 1.807) is 14.2 Å². The Morgan fingerprint density at radius 3 is 2.54 bits per heavy atom. The first kappa shape index (κ1) is 16.6. The molecular weight excluding hydrogens is 306 g/mol. The summed E-state index contributed by atoms with van der Waals surface area (Å²) >= 11 is 0. The Morgan fingerprint density at radius 2 is 1.88 bits per heavy atom. The van der Waals surface area contributed by atoms with E-state index in [0.717, 1.165) is 18.7 Å². The van der Waals surface area contributed by atoms with E-state index in [1.807, 2.05) is 35.3 Å². The third kappa shape index (κ3) is 3.19. The largest absolute Gasteiger partial charge is 0.493 e. The van der Waals surface area contributed by atoms with Crippen molar-refractivity contribution in [1.29, 1.82) is 0 Å². The molecule has 130 valence electrons. The molecule has 1 aromatic carbocycles. The van der Waals surface area contributed by atoms with Gasteiger partial charge in [-0.15, -0.1) is 0 Å². The first-order valence-corrected chi connectivity index (χ1v) is 8.30. The number of methoxy groups -OCH3 is 2. The van der Waals surface area contributed by atoms with Gasteiger partial charge in [0, 0.05) is 44.0 Å². The molecule has 2 atom stereocenters. The molecule has 3 rings (SSSR count). The Labute approximate surface area is 142 Å². The smallest absolute Gasteiger partial charge is 0.229 e. The summed E-state index contributed by atoms with van der Waals surface area (Å²) in [4.78, 5) is 16.8. The number of anilines is 1. The first-order valence-electron chi connectivity index (χ1n) is 8.30. The molecule has 0 bridgehead atoms. The molecule has 0 aromatic heterocycles. The number of amides is 1. The molecule has 6 nitrogen and oxygen atoms in total. The van der Waals surface area contributed by atoms with E-state index >= 15 is 0 Å². The van der Waals surface area contributed by atoms with Crippen LogP contribution in [0, 0.1) is 5.92 Å². The molecule has 0 radical (unpaired) electrons. The molecule has 2 aliphatic rings. The van der Waals surface area contributed by atoms with Crippen LogP contribution in [-0.2, 0) is 4.79 Å². The number of rotatable bonds is 4. The van der Waals surface area contributed by atoms with E-state index in [1.165, 1.54) is 0 Å². The Balaban J connectivity index is 1.76. The van der Waals surface area contributed by atoms with E-state index in [9.17, 15) is 4.79 Å². The highest BCUT2D eigenvalue weighted by atomic mass is 16.5. The molecule has 2 N–H and O–H groups in total. The third-order valence-corrected chi connectivity index (χ3v) is 4.85. The molecule has 6 heteroatoms. The average Bonchev–Trinajstić information content (AvgIpc) is 3.15. The van der Waals surface area contributed by atoms with Gasteiger partial charge in [0.15, 0.2) is 11.5 Å². The average molecular weight is 331 g/mol. The third-order valence-electron chi connectivity index (χ3n) is 4.85. The van der Waals surface area contributed by atoms with Crippen molar-refractivity contribution in [3.8, 4) is 11.5 Å². The Hall–Kier alpha value is -2.21. The van der Waals surface area contributed by atoms with Gasteiger partial charge < -0.3 is 25.0 Å². The minimum Gasteiger partial charge on any atom is -0.493 e. The molecule has 1 amide bonds. The van der Waals surface area contributed by atoms with Gasteiger partial charge in [-0.3, -0.25) is 4.79 Å². The van der Waals surface area contributed by atoms with Crippen molar-refractivity contribution in [2.24, 2.45) is 11.7 Å². The molecule has 0 spiro atoms. The van der Waals surface area contributed by atoms with Crippen LogP contribution in [0.15, 0.2) is 30.4 Å². The molecule has 24 heavy (non-hydrogen) atoms. The molecule has 2 aliphatic heterocycles. The number of nitrogens with two attached hydrogens (primary N) is 1. The predicted molar refractivity (Wildman–Crippen MR) is 93.6 cm³/mol. The zero-order valence-electron chi connectivity index (χ0n) is 14.3. The van der Waals surface area contributed by atoms with Crippen LogP contribution in [0.25, 0.3) is 0 Å². The Kier molecular flexibility index (Phi) is 4.94. The highest BCUT2D eigenvalue weighted by Crippen LogP contribution is 2.33. The molecule has 0 aliphatic carbocycles. The quantitative estimate of drug-likeness (QED) is 0.841. The highest BCUT2D eigenvalue weighted by molar-refractivity contribution is 5.81. The van der Waals surface area contributed by atoms with Crippen molar-refractivity contribution in [2.45, 2.75) is 12.5 Å². The van der Waals surface area contributed by atoms with Crippen molar-refractivity contribution in [1.82, 2.24) is 4.90 Å². The summed E-state index contributed by atoms with van der Waals surface area (Å²) in [6.45, 7) is 2.85. The maximum Gasteiger partial charge on any atom is 0.229 e. The van der Waals surface area contributed by atoms with Crippen LogP contribution in [-0.4, -0.2) is 57.2 Å². The molecule has 1 saturated heterocycles. The lowest BCUT2D eigenvalue weighted by Gasteiger charge is -2.39. The number of hydrogen-bond acceptors (Lipinski definition) is 5. The molecule has 1 aromatic rings. The Morgan fingerprint density at radius 1 is 1.17 bits per heavy atom. The number of ether oxygens (including phenoxy) is 2. The van der Waals surface area contributed by atoms with E-state index in [-0.39, 0.29) is 17.9 Å². The number of benzene rings is 1. The van der Waals surface area contributed by atoms with Gasteiger partial charge in [0.2, 0.25) is 5.91 Å². The molecular formula is C18H25N3O3. The second-order valence-electron chi connectivity index (χ2n) is 6.26. The second-order valence-corrected chi connectivity index (χ2v) is 6.26. The van der Waals surface area contributed by atoms with Gasteiger partial charge in [0.1, 0.15) is 0 Å². The zero-order chi connectivity index (χ0) is 17.1. The van der Waals surface area contributed by atoms with Crippen LogP contribution in [0.2, 0.25) is 0 Å². The summed E-state index contributed by atoms with van der Waals surface area (Å²) in [7, 11) is 3.25. The summed E-state index contributed by atoms with van der Waals surface area (Å²) in [6.07, 6.45) is 4.85. The SMILES string of the molecule is COc1ccc(N2CC[C@H](N)[C@H](C(=O)N3CC=CC3)C2)cc1OC. The zero-order valence-corrected chi connectivity index (χ0v) is 14.3. The Bertz CT molecular complexity index is 624. The summed E-state index contributed by atoms with van der Waals surface area (Å²) in [6, 6.07) is 5.75. The van der Waals surface area contributed by atoms with Crippen LogP contribution in [0.5, 0.6) is 11.5 Å². The van der Waals surface area contributed by atoms with Crippen molar-refractivity contribution in [2.75, 3.05) is 45.3 Å². The van der Waals surface area contributed by atoms with E-state index in [0.29, 0.717) is 31.1 Å². The maximum atomic E-state index is 12.7. The van der Waals surface area contributed by atoms with Gasteiger partial charge in [-0.2, -0.15) is 0 Å². The maximum absolute atomic E-state index is 12.7. The van der Waals surface area contributed by atoms with Crippen molar-refractivity contribution < 1.29 is 14.3 Å². The van der Waals surface area contributed by atoms with Crippen LogP contribution in [0.4, 0.5) is 5.69 Å². The molecule has 0 saturated carbocycles.